The van der Waals surface area contributed by atoms with E-state index in [1.165, 1.54) is 32.4 Å². The number of rotatable bonds is 5. The van der Waals surface area contributed by atoms with Crippen molar-refractivity contribution in [1.82, 2.24) is 9.80 Å². The number of benzene rings is 2. The van der Waals surface area contributed by atoms with E-state index in [9.17, 15) is 13.6 Å². The second-order valence-electron chi connectivity index (χ2n) is 6.39. The van der Waals surface area contributed by atoms with Gasteiger partial charge in [0.15, 0.2) is 23.1 Å². The van der Waals surface area contributed by atoms with Gasteiger partial charge in [-0.05, 0) is 35.9 Å². The largest absolute Gasteiger partial charge is 0.494 e. The molecule has 1 aliphatic rings. The molecule has 0 unspecified atom stereocenters. The SMILES string of the molecule is COc1ccc(CN2CCN(C(=O)c3ccc(OC)c(F)c3)CC2)cc1F. The molecule has 0 saturated carbocycles. The number of piperazine rings is 1. The maximum Gasteiger partial charge on any atom is 0.254 e. The van der Waals surface area contributed by atoms with Crippen LogP contribution in [0.15, 0.2) is 36.4 Å². The molecule has 144 valence electrons. The van der Waals surface area contributed by atoms with Crippen LogP contribution in [-0.4, -0.2) is 56.1 Å². The zero-order valence-electron chi connectivity index (χ0n) is 15.4. The van der Waals surface area contributed by atoms with E-state index in [1.54, 1.807) is 17.0 Å². The van der Waals surface area contributed by atoms with Gasteiger partial charge in [-0.2, -0.15) is 0 Å². The molecule has 2 aromatic rings. The fourth-order valence-electron chi connectivity index (χ4n) is 3.16. The van der Waals surface area contributed by atoms with Crippen molar-refractivity contribution in [1.29, 1.82) is 0 Å². The fraction of sp³-hybridized carbons (Fsp3) is 0.350. The maximum atomic E-state index is 13.8. The van der Waals surface area contributed by atoms with Crippen molar-refractivity contribution in [2.45, 2.75) is 6.54 Å². The van der Waals surface area contributed by atoms with Crippen LogP contribution in [0.2, 0.25) is 0 Å². The quantitative estimate of drug-likeness (QED) is 0.805. The van der Waals surface area contributed by atoms with Crippen molar-refractivity contribution >= 4 is 5.91 Å². The van der Waals surface area contributed by atoms with Crippen LogP contribution in [0.3, 0.4) is 0 Å². The van der Waals surface area contributed by atoms with Crippen LogP contribution >= 0.6 is 0 Å². The molecule has 5 nitrogen and oxygen atoms in total. The molecule has 0 atom stereocenters. The number of amides is 1. The van der Waals surface area contributed by atoms with E-state index in [4.69, 9.17) is 9.47 Å². The van der Waals surface area contributed by atoms with Gasteiger partial charge in [-0.1, -0.05) is 6.07 Å². The second-order valence-corrected chi connectivity index (χ2v) is 6.39. The van der Waals surface area contributed by atoms with E-state index in [0.717, 1.165) is 5.56 Å². The lowest BCUT2D eigenvalue weighted by Crippen LogP contribution is -2.48. The number of hydrogen-bond donors (Lipinski definition) is 0. The van der Waals surface area contributed by atoms with Crippen molar-refractivity contribution in [3.05, 3.63) is 59.2 Å². The number of nitrogens with zero attached hydrogens (tertiary/aromatic N) is 2. The maximum absolute atomic E-state index is 13.8. The number of carbonyl (C=O) groups excluding carboxylic acids is 1. The first-order valence-electron chi connectivity index (χ1n) is 8.69. The average molecular weight is 376 g/mol. The van der Waals surface area contributed by atoms with E-state index in [-0.39, 0.29) is 23.2 Å². The minimum atomic E-state index is -0.552. The van der Waals surface area contributed by atoms with E-state index in [1.807, 2.05) is 6.07 Å². The zero-order chi connectivity index (χ0) is 19.4. The summed E-state index contributed by atoms with van der Waals surface area (Å²) < 4.78 is 37.4. The van der Waals surface area contributed by atoms with Crippen LogP contribution in [0.5, 0.6) is 11.5 Å². The molecular weight excluding hydrogens is 354 g/mol. The highest BCUT2D eigenvalue weighted by atomic mass is 19.1. The molecule has 0 spiro atoms. The van der Waals surface area contributed by atoms with Crippen LogP contribution in [-0.2, 0) is 6.54 Å². The number of carbonyl (C=O) groups is 1. The van der Waals surface area contributed by atoms with Crippen molar-refractivity contribution in [3.63, 3.8) is 0 Å². The molecule has 1 saturated heterocycles. The van der Waals surface area contributed by atoms with Gasteiger partial charge in [-0.15, -0.1) is 0 Å². The Bertz CT molecular complexity index is 821. The average Bonchev–Trinajstić information content (AvgIpc) is 2.68. The minimum absolute atomic E-state index is 0.114. The molecule has 1 fully saturated rings. The molecule has 0 aromatic heterocycles. The molecular formula is C20H22F2N2O3. The highest BCUT2D eigenvalue weighted by Gasteiger charge is 2.23. The fourth-order valence-corrected chi connectivity index (χ4v) is 3.16. The molecule has 3 rings (SSSR count). The summed E-state index contributed by atoms with van der Waals surface area (Å²) in [5.41, 5.74) is 1.16. The Hall–Kier alpha value is -2.67. The molecule has 0 bridgehead atoms. The molecule has 0 aliphatic carbocycles. The zero-order valence-corrected chi connectivity index (χ0v) is 15.4. The Balaban J connectivity index is 1.57. The highest BCUT2D eigenvalue weighted by Crippen LogP contribution is 2.21. The highest BCUT2D eigenvalue weighted by molar-refractivity contribution is 5.94. The van der Waals surface area contributed by atoms with E-state index >= 15 is 0 Å². The Labute approximate surface area is 157 Å². The third kappa shape index (κ3) is 4.36. The Morgan fingerprint density at radius 3 is 2.07 bits per heavy atom. The first-order valence-corrected chi connectivity index (χ1v) is 8.69. The summed E-state index contributed by atoms with van der Waals surface area (Å²) in [7, 11) is 2.82. The lowest BCUT2D eigenvalue weighted by atomic mass is 10.1. The molecule has 27 heavy (non-hydrogen) atoms. The standard InChI is InChI=1S/C20H22F2N2O3/c1-26-18-5-3-14(11-16(18)21)13-23-7-9-24(10-8-23)20(25)15-4-6-19(27-2)17(22)12-15/h3-6,11-12H,7-10,13H2,1-2H3. The molecule has 0 radical (unpaired) electrons. The molecule has 1 heterocycles. The molecule has 1 aliphatic heterocycles. The van der Waals surface area contributed by atoms with Gasteiger partial charge in [-0.25, -0.2) is 8.78 Å². The Morgan fingerprint density at radius 1 is 0.926 bits per heavy atom. The topological polar surface area (TPSA) is 42.0 Å². The number of halogens is 2. The van der Waals surface area contributed by atoms with Crippen LogP contribution < -0.4 is 9.47 Å². The van der Waals surface area contributed by atoms with Gasteiger partial charge in [0.05, 0.1) is 14.2 Å². The second kappa shape index (κ2) is 8.35. The molecule has 0 N–H and O–H groups in total. The Morgan fingerprint density at radius 2 is 1.52 bits per heavy atom. The van der Waals surface area contributed by atoms with E-state index in [2.05, 4.69) is 4.90 Å². The summed E-state index contributed by atoms with van der Waals surface area (Å²) in [6.45, 7) is 2.99. The van der Waals surface area contributed by atoms with Crippen molar-refractivity contribution in [3.8, 4) is 11.5 Å². The van der Waals surface area contributed by atoms with Gasteiger partial charge in [0.25, 0.3) is 5.91 Å². The van der Waals surface area contributed by atoms with Gasteiger partial charge < -0.3 is 14.4 Å². The first kappa shape index (κ1) is 19.1. The summed E-state index contributed by atoms with van der Waals surface area (Å²) >= 11 is 0. The Kier molecular flexibility index (Phi) is 5.91. The van der Waals surface area contributed by atoms with Gasteiger partial charge in [-0.3, -0.25) is 9.69 Å². The predicted octanol–water partition coefficient (Wildman–Crippen LogP) is 2.94. The lowest BCUT2D eigenvalue weighted by Gasteiger charge is -2.34. The van der Waals surface area contributed by atoms with Crippen molar-refractivity contribution in [2.75, 3.05) is 40.4 Å². The monoisotopic (exact) mass is 376 g/mol. The van der Waals surface area contributed by atoms with Crippen molar-refractivity contribution < 1.29 is 23.0 Å². The normalized spacial score (nSPS) is 14.9. The van der Waals surface area contributed by atoms with Gasteiger partial charge >= 0.3 is 0 Å². The summed E-state index contributed by atoms with van der Waals surface area (Å²) in [6, 6.07) is 9.14. The lowest BCUT2D eigenvalue weighted by molar-refractivity contribution is 0.0628. The smallest absolute Gasteiger partial charge is 0.254 e. The van der Waals surface area contributed by atoms with Crippen LogP contribution in [0.1, 0.15) is 15.9 Å². The van der Waals surface area contributed by atoms with Crippen LogP contribution in [0.4, 0.5) is 8.78 Å². The summed E-state index contributed by atoms with van der Waals surface area (Å²) in [5.74, 6) is -0.801. The third-order valence-corrected chi connectivity index (χ3v) is 4.68. The summed E-state index contributed by atoms with van der Waals surface area (Å²) in [4.78, 5) is 16.4. The molecule has 1 amide bonds. The van der Waals surface area contributed by atoms with E-state index in [0.29, 0.717) is 38.3 Å². The number of hydrogen-bond acceptors (Lipinski definition) is 4. The summed E-state index contributed by atoms with van der Waals surface area (Å²) in [5, 5.41) is 0. The molecule has 7 heteroatoms. The van der Waals surface area contributed by atoms with Crippen molar-refractivity contribution in [2.24, 2.45) is 0 Å². The number of ether oxygens (including phenoxy) is 2. The first-order chi connectivity index (χ1) is 13.0. The number of methoxy groups -OCH3 is 2. The van der Waals surface area contributed by atoms with Gasteiger partial charge in [0.1, 0.15) is 0 Å². The van der Waals surface area contributed by atoms with Crippen LogP contribution in [0.25, 0.3) is 0 Å². The third-order valence-electron chi connectivity index (χ3n) is 4.68. The van der Waals surface area contributed by atoms with Gasteiger partial charge in [0.2, 0.25) is 0 Å². The predicted molar refractivity (Wildman–Crippen MR) is 97.1 cm³/mol. The van der Waals surface area contributed by atoms with E-state index < -0.39 is 5.82 Å². The molecule has 2 aromatic carbocycles. The van der Waals surface area contributed by atoms with Gasteiger partial charge in [0, 0.05) is 38.3 Å². The minimum Gasteiger partial charge on any atom is -0.494 e. The van der Waals surface area contributed by atoms with Crippen LogP contribution in [0, 0.1) is 11.6 Å². The summed E-state index contributed by atoms with van der Waals surface area (Å²) in [6.07, 6.45) is 0.